The van der Waals surface area contributed by atoms with E-state index in [9.17, 15) is 23.3 Å². The van der Waals surface area contributed by atoms with Crippen molar-refractivity contribution in [2.75, 3.05) is 32.6 Å². The summed E-state index contributed by atoms with van der Waals surface area (Å²) in [6, 6.07) is 9.96. The number of methoxy groups -OCH3 is 2. The quantitative estimate of drug-likeness (QED) is 0.508. The minimum atomic E-state index is -3.76. The Kier molecular flexibility index (Phi) is 6.76. The fourth-order valence-electron chi connectivity index (χ4n) is 3.40. The first-order valence-corrected chi connectivity index (χ1v) is 11.0. The predicted octanol–water partition coefficient (Wildman–Crippen LogP) is 2.65. The van der Waals surface area contributed by atoms with E-state index in [1.807, 2.05) is 0 Å². The Morgan fingerprint density at radius 1 is 1.16 bits per heavy atom. The van der Waals surface area contributed by atoms with Gasteiger partial charge in [0.05, 0.1) is 41.7 Å². The Morgan fingerprint density at radius 2 is 1.87 bits per heavy atom. The number of amides is 1. The summed E-state index contributed by atoms with van der Waals surface area (Å²) in [6.07, 6.45) is 1.06. The fourth-order valence-corrected chi connectivity index (χ4v) is 4.93. The number of carbonyl (C=O) groups excluding carboxylic acids is 1. The monoisotopic (exact) mass is 449 g/mol. The SMILES string of the molecule is COc1ccc(S(=O)(=O)N2CCCC(C(=O)Nc3ccc([N+](=O)[O-])cc3OC)C2)cc1. The lowest BCUT2D eigenvalue weighted by Crippen LogP contribution is -2.43. The van der Waals surface area contributed by atoms with E-state index in [1.165, 1.54) is 48.9 Å². The minimum absolute atomic E-state index is 0.0372. The molecule has 0 radical (unpaired) electrons. The zero-order valence-electron chi connectivity index (χ0n) is 17.1. The fraction of sp³-hybridized carbons (Fsp3) is 0.350. The van der Waals surface area contributed by atoms with Crippen LogP contribution in [0.5, 0.6) is 11.5 Å². The lowest BCUT2D eigenvalue weighted by Gasteiger charge is -2.31. The highest BCUT2D eigenvalue weighted by molar-refractivity contribution is 7.89. The van der Waals surface area contributed by atoms with Gasteiger partial charge >= 0.3 is 0 Å². The Bertz CT molecular complexity index is 1070. The molecule has 1 heterocycles. The summed E-state index contributed by atoms with van der Waals surface area (Å²) in [5, 5.41) is 13.6. The molecule has 1 fully saturated rings. The van der Waals surface area contributed by atoms with Gasteiger partial charge in [0.1, 0.15) is 11.5 Å². The van der Waals surface area contributed by atoms with Gasteiger partial charge in [0, 0.05) is 19.2 Å². The molecule has 0 saturated carbocycles. The molecule has 0 spiro atoms. The molecule has 2 aromatic rings. The number of nitro groups is 1. The number of nitrogens with one attached hydrogen (secondary N) is 1. The van der Waals surface area contributed by atoms with Gasteiger partial charge in [0.2, 0.25) is 15.9 Å². The van der Waals surface area contributed by atoms with Gasteiger partial charge < -0.3 is 14.8 Å². The van der Waals surface area contributed by atoms with Crippen molar-refractivity contribution in [2.45, 2.75) is 17.7 Å². The normalized spacial score (nSPS) is 17.0. The van der Waals surface area contributed by atoms with Crippen LogP contribution in [0.2, 0.25) is 0 Å². The number of hydrogen-bond donors (Lipinski definition) is 1. The maximum absolute atomic E-state index is 13.0. The van der Waals surface area contributed by atoms with Crippen molar-refractivity contribution >= 4 is 27.3 Å². The van der Waals surface area contributed by atoms with Crippen molar-refractivity contribution in [3.05, 3.63) is 52.6 Å². The molecular weight excluding hydrogens is 426 g/mol. The number of rotatable bonds is 7. The molecule has 3 rings (SSSR count). The van der Waals surface area contributed by atoms with E-state index in [-0.39, 0.29) is 34.5 Å². The second kappa shape index (κ2) is 9.31. The van der Waals surface area contributed by atoms with Crippen LogP contribution in [0.15, 0.2) is 47.4 Å². The summed E-state index contributed by atoms with van der Waals surface area (Å²) >= 11 is 0. The van der Waals surface area contributed by atoms with Crippen LogP contribution in [-0.4, -0.2) is 50.9 Å². The van der Waals surface area contributed by atoms with Crippen molar-refractivity contribution in [3.8, 4) is 11.5 Å². The highest BCUT2D eigenvalue weighted by Gasteiger charge is 2.33. The van der Waals surface area contributed by atoms with Gasteiger partial charge in [0.15, 0.2) is 0 Å². The first-order chi connectivity index (χ1) is 14.8. The summed E-state index contributed by atoms with van der Waals surface area (Å²) in [4.78, 5) is 23.3. The number of ether oxygens (including phenoxy) is 2. The lowest BCUT2D eigenvalue weighted by molar-refractivity contribution is -0.384. The number of anilines is 1. The molecule has 1 unspecified atom stereocenters. The van der Waals surface area contributed by atoms with Gasteiger partial charge in [-0.15, -0.1) is 0 Å². The van der Waals surface area contributed by atoms with Gasteiger partial charge in [-0.1, -0.05) is 0 Å². The second-order valence-electron chi connectivity index (χ2n) is 7.01. The zero-order valence-corrected chi connectivity index (χ0v) is 17.9. The van der Waals surface area contributed by atoms with Gasteiger partial charge in [0.25, 0.3) is 5.69 Å². The number of benzene rings is 2. The molecule has 1 amide bonds. The van der Waals surface area contributed by atoms with Gasteiger partial charge in [-0.2, -0.15) is 4.31 Å². The van der Waals surface area contributed by atoms with Gasteiger partial charge in [-0.05, 0) is 43.2 Å². The summed E-state index contributed by atoms with van der Waals surface area (Å²) in [5.41, 5.74) is 0.123. The summed E-state index contributed by atoms with van der Waals surface area (Å²) < 4.78 is 37.5. The zero-order chi connectivity index (χ0) is 22.6. The van der Waals surface area contributed by atoms with Crippen molar-refractivity contribution in [1.82, 2.24) is 4.31 Å². The molecule has 1 aliphatic heterocycles. The Labute approximate surface area is 180 Å². The molecule has 11 heteroatoms. The number of nitro benzene ring substituents is 1. The number of hydrogen-bond acceptors (Lipinski definition) is 7. The maximum atomic E-state index is 13.0. The molecule has 31 heavy (non-hydrogen) atoms. The summed E-state index contributed by atoms with van der Waals surface area (Å²) in [5.74, 6) is -0.239. The molecular formula is C20H23N3O7S. The van der Waals surface area contributed by atoms with Crippen LogP contribution >= 0.6 is 0 Å². The molecule has 2 aromatic carbocycles. The van der Waals surface area contributed by atoms with Crippen LogP contribution in [0.1, 0.15) is 12.8 Å². The maximum Gasteiger partial charge on any atom is 0.273 e. The number of nitrogens with zero attached hydrogens (tertiary/aromatic N) is 2. The van der Waals surface area contributed by atoms with E-state index in [0.717, 1.165) is 0 Å². The standard InChI is InChI=1S/C20H23N3O7S/c1-29-16-6-8-17(9-7-16)31(27,28)22-11-3-4-14(13-22)20(24)21-18-10-5-15(23(25)26)12-19(18)30-2/h5-10,12,14H,3-4,11,13H2,1-2H3,(H,21,24). The van der Waals surface area contributed by atoms with E-state index >= 15 is 0 Å². The van der Waals surface area contributed by atoms with E-state index in [1.54, 1.807) is 12.1 Å². The number of sulfonamides is 1. The Morgan fingerprint density at radius 3 is 2.48 bits per heavy atom. The smallest absolute Gasteiger partial charge is 0.273 e. The Hall–Kier alpha value is -3.18. The van der Waals surface area contributed by atoms with Crippen molar-refractivity contribution < 1.29 is 27.6 Å². The topological polar surface area (TPSA) is 128 Å². The first-order valence-electron chi connectivity index (χ1n) is 9.53. The number of piperidine rings is 1. The van der Waals surface area contributed by atoms with E-state index in [2.05, 4.69) is 5.32 Å². The molecule has 0 bridgehead atoms. The van der Waals surface area contributed by atoms with Gasteiger partial charge in [-0.3, -0.25) is 14.9 Å². The van der Waals surface area contributed by atoms with Crippen LogP contribution in [-0.2, 0) is 14.8 Å². The molecule has 166 valence electrons. The first kappa shape index (κ1) is 22.5. The van der Waals surface area contributed by atoms with Crippen LogP contribution in [0.3, 0.4) is 0 Å². The van der Waals surface area contributed by atoms with E-state index in [0.29, 0.717) is 25.1 Å². The minimum Gasteiger partial charge on any atom is -0.497 e. The van der Waals surface area contributed by atoms with E-state index < -0.39 is 20.9 Å². The van der Waals surface area contributed by atoms with Gasteiger partial charge in [-0.25, -0.2) is 8.42 Å². The van der Waals surface area contributed by atoms with Crippen LogP contribution < -0.4 is 14.8 Å². The lowest BCUT2D eigenvalue weighted by atomic mass is 9.98. The predicted molar refractivity (Wildman–Crippen MR) is 113 cm³/mol. The molecule has 10 nitrogen and oxygen atoms in total. The summed E-state index contributed by atoms with van der Waals surface area (Å²) in [6.45, 7) is 0.356. The van der Waals surface area contributed by atoms with E-state index in [4.69, 9.17) is 9.47 Å². The van der Waals surface area contributed by atoms with Crippen LogP contribution in [0.4, 0.5) is 11.4 Å². The molecule has 0 aromatic heterocycles. The molecule has 1 saturated heterocycles. The second-order valence-corrected chi connectivity index (χ2v) is 8.95. The largest absolute Gasteiger partial charge is 0.497 e. The van der Waals surface area contributed by atoms with Crippen molar-refractivity contribution in [1.29, 1.82) is 0 Å². The third-order valence-electron chi connectivity index (χ3n) is 5.11. The molecule has 1 atom stereocenters. The highest BCUT2D eigenvalue weighted by atomic mass is 32.2. The van der Waals surface area contributed by atoms with Crippen molar-refractivity contribution in [3.63, 3.8) is 0 Å². The van der Waals surface area contributed by atoms with Crippen LogP contribution in [0, 0.1) is 16.0 Å². The average molecular weight is 449 g/mol. The Balaban J connectivity index is 1.74. The third kappa shape index (κ3) is 4.94. The number of carbonyl (C=O) groups is 1. The van der Waals surface area contributed by atoms with Crippen LogP contribution in [0.25, 0.3) is 0 Å². The number of non-ortho nitro benzene ring substituents is 1. The summed E-state index contributed by atoms with van der Waals surface area (Å²) in [7, 11) is -0.913. The third-order valence-corrected chi connectivity index (χ3v) is 6.99. The average Bonchev–Trinajstić information content (AvgIpc) is 2.79. The van der Waals surface area contributed by atoms with Crippen molar-refractivity contribution in [2.24, 2.45) is 5.92 Å². The molecule has 1 aliphatic rings. The highest BCUT2D eigenvalue weighted by Crippen LogP contribution is 2.31. The molecule has 1 N–H and O–H groups in total. The molecule has 0 aliphatic carbocycles.